The molecule has 9 heteroatoms. The fourth-order valence-corrected chi connectivity index (χ4v) is 4.96. The predicted molar refractivity (Wildman–Crippen MR) is 118 cm³/mol. The predicted octanol–water partition coefficient (Wildman–Crippen LogP) is 3.58. The molecular weight excluding hydrogens is 416 g/mol. The standard InChI is InChI=1S/C22H24N4O4S/c27-31(28,16-9-10-19-20(15-16)30-14-13-29-19)25-21-22(26-11-5-1-2-6-12-26)24-18-8-4-3-7-17(18)23-21/h3-4,7-10,15H,1-2,5-6,11-14H2,(H,23,25). The Labute approximate surface area is 181 Å². The molecule has 0 saturated carbocycles. The highest BCUT2D eigenvalue weighted by atomic mass is 32.2. The summed E-state index contributed by atoms with van der Waals surface area (Å²) in [5.41, 5.74) is 1.38. The van der Waals surface area contributed by atoms with Crippen molar-refractivity contribution < 1.29 is 17.9 Å². The highest BCUT2D eigenvalue weighted by Crippen LogP contribution is 2.34. The van der Waals surface area contributed by atoms with Crippen molar-refractivity contribution in [3.8, 4) is 11.5 Å². The first-order valence-electron chi connectivity index (χ1n) is 10.5. The summed E-state index contributed by atoms with van der Waals surface area (Å²) in [4.78, 5) is 11.6. The van der Waals surface area contributed by atoms with E-state index in [2.05, 4.69) is 14.6 Å². The molecule has 1 fully saturated rings. The van der Waals surface area contributed by atoms with Gasteiger partial charge in [0.15, 0.2) is 23.1 Å². The molecule has 3 aromatic rings. The zero-order valence-electron chi connectivity index (χ0n) is 17.1. The second-order valence-electron chi connectivity index (χ2n) is 7.70. The van der Waals surface area contributed by atoms with Crippen LogP contribution in [0.5, 0.6) is 11.5 Å². The molecule has 0 atom stereocenters. The number of rotatable bonds is 4. The number of nitrogens with zero attached hydrogens (tertiary/aromatic N) is 3. The van der Waals surface area contributed by atoms with Crippen molar-refractivity contribution >= 4 is 32.7 Å². The minimum absolute atomic E-state index is 0.0912. The van der Waals surface area contributed by atoms with Gasteiger partial charge in [0.2, 0.25) is 0 Å². The van der Waals surface area contributed by atoms with E-state index in [1.807, 2.05) is 24.3 Å². The Morgan fingerprint density at radius 1 is 0.839 bits per heavy atom. The van der Waals surface area contributed by atoms with Gasteiger partial charge in [0, 0.05) is 19.2 Å². The average Bonchev–Trinajstić information content (AvgIpc) is 3.07. The SMILES string of the molecule is O=S(=O)(Nc1nc2ccccc2nc1N1CCCCCC1)c1ccc2c(c1)OCCO2. The Morgan fingerprint density at radius 3 is 2.26 bits per heavy atom. The smallest absolute Gasteiger partial charge is 0.263 e. The maximum Gasteiger partial charge on any atom is 0.263 e. The molecule has 2 aliphatic heterocycles. The summed E-state index contributed by atoms with van der Waals surface area (Å²) < 4.78 is 40.2. The van der Waals surface area contributed by atoms with Crippen molar-refractivity contribution in [2.75, 3.05) is 35.9 Å². The average molecular weight is 441 g/mol. The largest absolute Gasteiger partial charge is 0.486 e. The van der Waals surface area contributed by atoms with Crippen LogP contribution in [0.3, 0.4) is 0 Å². The summed E-state index contributed by atoms with van der Waals surface area (Å²) in [5, 5.41) is 0. The first-order valence-corrected chi connectivity index (χ1v) is 12.0. The molecule has 0 radical (unpaired) electrons. The Kier molecular flexibility index (Phi) is 5.27. The van der Waals surface area contributed by atoms with E-state index in [1.54, 1.807) is 6.07 Å². The van der Waals surface area contributed by atoms with Crippen LogP contribution in [0, 0.1) is 0 Å². The minimum Gasteiger partial charge on any atom is -0.486 e. The summed E-state index contributed by atoms with van der Waals surface area (Å²) in [6, 6.07) is 12.1. The van der Waals surface area contributed by atoms with Gasteiger partial charge in [-0.05, 0) is 37.1 Å². The van der Waals surface area contributed by atoms with E-state index in [0.29, 0.717) is 36.0 Å². The molecule has 1 N–H and O–H groups in total. The number of ether oxygens (including phenoxy) is 2. The van der Waals surface area contributed by atoms with Gasteiger partial charge in [0.25, 0.3) is 10.0 Å². The van der Waals surface area contributed by atoms with Crippen LogP contribution in [0.4, 0.5) is 11.6 Å². The molecule has 0 spiro atoms. The maximum absolute atomic E-state index is 13.2. The van der Waals surface area contributed by atoms with Crippen molar-refractivity contribution in [2.24, 2.45) is 0 Å². The monoisotopic (exact) mass is 440 g/mol. The minimum atomic E-state index is -3.90. The topological polar surface area (TPSA) is 93.7 Å². The molecule has 8 nitrogen and oxygen atoms in total. The van der Waals surface area contributed by atoms with Gasteiger partial charge in [-0.1, -0.05) is 25.0 Å². The van der Waals surface area contributed by atoms with E-state index in [-0.39, 0.29) is 10.7 Å². The first-order chi connectivity index (χ1) is 15.1. The molecule has 0 amide bonds. The number of nitrogens with one attached hydrogen (secondary N) is 1. The lowest BCUT2D eigenvalue weighted by atomic mass is 10.2. The van der Waals surface area contributed by atoms with Gasteiger partial charge in [0.05, 0.1) is 15.9 Å². The van der Waals surface area contributed by atoms with E-state index in [0.717, 1.165) is 44.3 Å². The summed E-state index contributed by atoms with van der Waals surface area (Å²) in [7, 11) is -3.90. The van der Waals surface area contributed by atoms with Crippen LogP contribution in [-0.4, -0.2) is 44.7 Å². The van der Waals surface area contributed by atoms with E-state index in [4.69, 9.17) is 14.5 Å². The second-order valence-corrected chi connectivity index (χ2v) is 9.38. The number of anilines is 2. The van der Waals surface area contributed by atoms with E-state index < -0.39 is 10.0 Å². The highest BCUT2D eigenvalue weighted by Gasteiger charge is 2.24. The van der Waals surface area contributed by atoms with Gasteiger partial charge in [-0.3, -0.25) is 4.72 Å². The normalized spacial score (nSPS) is 16.7. The lowest BCUT2D eigenvalue weighted by Crippen LogP contribution is -2.27. The molecule has 0 bridgehead atoms. The molecule has 31 heavy (non-hydrogen) atoms. The van der Waals surface area contributed by atoms with Crippen molar-refractivity contribution in [3.05, 3.63) is 42.5 Å². The van der Waals surface area contributed by atoms with Crippen molar-refractivity contribution in [2.45, 2.75) is 30.6 Å². The van der Waals surface area contributed by atoms with Crippen LogP contribution in [0.2, 0.25) is 0 Å². The molecule has 0 aliphatic carbocycles. The number of para-hydroxylation sites is 2. The Morgan fingerprint density at radius 2 is 1.52 bits per heavy atom. The Bertz CT molecular complexity index is 1210. The van der Waals surface area contributed by atoms with Crippen LogP contribution >= 0.6 is 0 Å². The second kappa shape index (κ2) is 8.22. The first kappa shape index (κ1) is 19.9. The van der Waals surface area contributed by atoms with Crippen LogP contribution < -0.4 is 19.1 Å². The molecule has 0 unspecified atom stereocenters. The number of hydrogen-bond acceptors (Lipinski definition) is 7. The molecule has 1 saturated heterocycles. The van der Waals surface area contributed by atoms with Gasteiger partial charge >= 0.3 is 0 Å². The Balaban J connectivity index is 1.54. The number of hydrogen-bond donors (Lipinski definition) is 1. The summed E-state index contributed by atoms with van der Waals surface area (Å²) in [5.74, 6) is 1.78. The number of fused-ring (bicyclic) bond motifs is 2. The van der Waals surface area contributed by atoms with E-state index >= 15 is 0 Å². The lowest BCUT2D eigenvalue weighted by Gasteiger charge is -2.24. The van der Waals surface area contributed by atoms with E-state index in [9.17, 15) is 8.42 Å². The van der Waals surface area contributed by atoms with Crippen molar-refractivity contribution in [1.82, 2.24) is 9.97 Å². The van der Waals surface area contributed by atoms with Gasteiger partial charge in [0.1, 0.15) is 13.2 Å². The zero-order chi connectivity index (χ0) is 21.3. The number of benzene rings is 2. The fourth-order valence-electron chi connectivity index (χ4n) is 3.94. The van der Waals surface area contributed by atoms with Crippen LogP contribution in [-0.2, 0) is 10.0 Å². The highest BCUT2D eigenvalue weighted by molar-refractivity contribution is 7.92. The van der Waals surface area contributed by atoms with Crippen LogP contribution in [0.1, 0.15) is 25.7 Å². The lowest BCUT2D eigenvalue weighted by molar-refractivity contribution is 0.171. The van der Waals surface area contributed by atoms with Gasteiger partial charge in [-0.25, -0.2) is 18.4 Å². The number of sulfonamides is 1. The summed E-state index contributed by atoms with van der Waals surface area (Å²) in [6.07, 6.45) is 4.41. The summed E-state index contributed by atoms with van der Waals surface area (Å²) in [6.45, 7) is 2.49. The zero-order valence-corrected chi connectivity index (χ0v) is 17.9. The van der Waals surface area contributed by atoms with Gasteiger partial charge < -0.3 is 14.4 Å². The third kappa shape index (κ3) is 4.10. The molecular formula is C22H24N4O4S. The number of aromatic nitrogens is 2. The van der Waals surface area contributed by atoms with Crippen molar-refractivity contribution in [3.63, 3.8) is 0 Å². The fraction of sp³-hybridized carbons (Fsp3) is 0.364. The molecule has 162 valence electrons. The summed E-state index contributed by atoms with van der Waals surface area (Å²) >= 11 is 0. The third-order valence-electron chi connectivity index (χ3n) is 5.51. The van der Waals surface area contributed by atoms with E-state index in [1.165, 1.54) is 12.1 Å². The Hall–Kier alpha value is -3.07. The molecule has 1 aromatic heterocycles. The third-order valence-corrected chi connectivity index (χ3v) is 6.85. The molecule has 3 heterocycles. The molecule has 2 aromatic carbocycles. The maximum atomic E-state index is 13.2. The van der Waals surface area contributed by atoms with Crippen molar-refractivity contribution in [1.29, 1.82) is 0 Å². The van der Waals surface area contributed by atoms with Crippen LogP contribution in [0.25, 0.3) is 11.0 Å². The van der Waals surface area contributed by atoms with Gasteiger partial charge in [-0.15, -0.1) is 0 Å². The quantitative estimate of drug-likeness (QED) is 0.663. The molecule has 2 aliphatic rings. The van der Waals surface area contributed by atoms with Crippen LogP contribution in [0.15, 0.2) is 47.4 Å². The van der Waals surface area contributed by atoms with Gasteiger partial charge in [-0.2, -0.15) is 0 Å². The molecule has 5 rings (SSSR count).